The van der Waals surface area contributed by atoms with Crippen molar-refractivity contribution in [2.45, 2.75) is 32.1 Å². The first-order chi connectivity index (χ1) is 23.0. The second-order valence-corrected chi connectivity index (χ2v) is 12.4. The molecule has 1 atom stereocenters. The third kappa shape index (κ3) is 7.23. The third-order valence-electron chi connectivity index (χ3n) is 7.74. The fraction of sp³-hybridized carbons (Fsp3) is 0.176. The molecule has 0 saturated carbocycles. The average Bonchev–Trinajstić information content (AvgIpc) is 3.54. The van der Waals surface area contributed by atoms with E-state index in [4.69, 9.17) is 14.5 Å². The van der Waals surface area contributed by atoms with E-state index in [1.165, 1.54) is 24.3 Å². The summed E-state index contributed by atoms with van der Waals surface area (Å²) in [5, 5.41) is 18.0. The topological polar surface area (TPSA) is 167 Å². The highest BCUT2D eigenvalue weighted by Gasteiger charge is 2.31. The molecule has 0 spiro atoms. The number of imide groups is 1. The lowest BCUT2D eigenvalue weighted by molar-refractivity contribution is -0.384. The Morgan fingerprint density at radius 1 is 0.958 bits per heavy atom. The number of nitro benzene ring substituents is 1. The van der Waals surface area contributed by atoms with E-state index in [0.29, 0.717) is 35.0 Å². The first-order valence-corrected chi connectivity index (χ1v) is 15.7. The first kappa shape index (κ1) is 32.1. The number of aryl methyl sites for hydroxylation is 3. The van der Waals surface area contributed by atoms with Crippen LogP contribution in [0, 0.1) is 24.0 Å². The van der Waals surface area contributed by atoms with Crippen LogP contribution in [0.3, 0.4) is 0 Å². The number of non-ortho nitro benzene ring substituents is 1. The van der Waals surface area contributed by atoms with Gasteiger partial charge in [-0.2, -0.15) is 0 Å². The van der Waals surface area contributed by atoms with Gasteiger partial charge < -0.3 is 24.7 Å². The van der Waals surface area contributed by atoms with Crippen LogP contribution in [0.1, 0.15) is 22.5 Å². The molecule has 1 aliphatic heterocycles. The van der Waals surface area contributed by atoms with E-state index in [1.54, 1.807) is 0 Å². The van der Waals surface area contributed by atoms with E-state index in [-0.39, 0.29) is 23.4 Å². The highest BCUT2D eigenvalue weighted by molar-refractivity contribution is 8.15. The molecular formula is C34H30N6O7S. The van der Waals surface area contributed by atoms with Crippen LogP contribution in [-0.4, -0.2) is 36.9 Å². The number of imidazole rings is 1. The molecule has 5 aromatic rings. The first-order valence-electron chi connectivity index (χ1n) is 14.8. The summed E-state index contributed by atoms with van der Waals surface area (Å²) in [7, 11) is 1.91. The summed E-state index contributed by atoms with van der Waals surface area (Å²) >= 11 is 1.01. The fourth-order valence-corrected chi connectivity index (χ4v) is 6.14. The second kappa shape index (κ2) is 13.5. The van der Waals surface area contributed by atoms with Crippen molar-refractivity contribution in [3.05, 3.63) is 111 Å². The third-order valence-corrected chi connectivity index (χ3v) is 8.72. The number of carbonyl (C=O) groups excluding carboxylic acids is 3. The summed E-state index contributed by atoms with van der Waals surface area (Å²) in [5.41, 5.74) is 5.14. The minimum absolute atomic E-state index is 0.0619. The van der Waals surface area contributed by atoms with Crippen molar-refractivity contribution in [3.63, 3.8) is 0 Å². The Balaban J connectivity index is 1.07. The van der Waals surface area contributed by atoms with Gasteiger partial charge in [-0.15, -0.1) is 0 Å². The minimum atomic E-state index is -0.501. The van der Waals surface area contributed by atoms with Crippen LogP contribution in [0.15, 0.2) is 78.9 Å². The molecule has 1 aromatic heterocycles. The second-order valence-electron chi connectivity index (χ2n) is 11.2. The molecule has 4 amide bonds. The van der Waals surface area contributed by atoms with Crippen LogP contribution < -0.4 is 25.4 Å². The number of carbonyl (C=O) groups is 3. The molecule has 2 heterocycles. The molecule has 6 rings (SSSR count). The van der Waals surface area contributed by atoms with Gasteiger partial charge in [0.15, 0.2) is 0 Å². The number of nitrogens with one attached hydrogen (secondary N) is 3. The van der Waals surface area contributed by atoms with Gasteiger partial charge in [0, 0.05) is 36.6 Å². The smallest absolute Gasteiger partial charge is 0.323 e. The summed E-state index contributed by atoms with van der Waals surface area (Å²) in [6.45, 7) is 3.96. The number of nitrogens with zero attached hydrogens (tertiary/aromatic N) is 3. The van der Waals surface area contributed by atoms with Gasteiger partial charge in [0.05, 0.1) is 21.2 Å². The molecule has 1 saturated heterocycles. The summed E-state index contributed by atoms with van der Waals surface area (Å²) in [6.07, 6.45) is 0.459. The quantitative estimate of drug-likeness (QED) is 0.105. The van der Waals surface area contributed by atoms with Crippen LogP contribution >= 0.6 is 11.8 Å². The molecule has 1 unspecified atom stereocenters. The predicted octanol–water partition coefficient (Wildman–Crippen LogP) is 7.01. The maximum atomic E-state index is 12.6. The van der Waals surface area contributed by atoms with Crippen molar-refractivity contribution in [2.75, 3.05) is 10.6 Å². The zero-order valence-electron chi connectivity index (χ0n) is 26.1. The van der Waals surface area contributed by atoms with Gasteiger partial charge >= 0.3 is 6.03 Å². The number of ether oxygens (including phenoxy) is 2. The number of nitro groups is 1. The molecule has 14 heteroatoms. The van der Waals surface area contributed by atoms with E-state index in [9.17, 15) is 24.5 Å². The zero-order chi connectivity index (χ0) is 33.9. The molecule has 244 valence electrons. The molecule has 0 aliphatic carbocycles. The fourth-order valence-electron chi connectivity index (χ4n) is 5.28. The molecule has 0 bridgehead atoms. The Kier molecular flexibility index (Phi) is 8.99. The molecule has 48 heavy (non-hydrogen) atoms. The van der Waals surface area contributed by atoms with Gasteiger partial charge in [-0.05, 0) is 85.5 Å². The lowest BCUT2D eigenvalue weighted by Crippen LogP contribution is -2.25. The summed E-state index contributed by atoms with van der Waals surface area (Å²) in [4.78, 5) is 51.0. The largest absolute Gasteiger partial charge is 0.486 e. The average molecular weight is 667 g/mol. The van der Waals surface area contributed by atoms with Gasteiger partial charge in [0.25, 0.3) is 10.9 Å². The van der Waals surface area contributed by atoms with Crippen LogP contribution in [-0.2, 0) is 24.9 Å². The molecule has 4 aromatic carbocycles. The van der Waals surface area contributed by atoms with Crippen molar-refractivity contribution < 1.29 is 28.8 Å². The minimum Gasteiger partial charge on any atom is -0.486 e. The van der Waals surface area contributed by atoms with Crippen LogP contribution in [0.4, 0.5) is 26.7 Å². The number of hydrogen-bond donors (Lipinski definition) is 3. The number of anilines is 2. The van der Waals surface area contributed by atoms with Crippen LogP contribution in [0.5, 0.6) is 17.2 Å². The van der Waals surface area contributed by atoms with Crippen molar-refractivity contribution in [2.24, 2.45) is 7.05 Å². The number of urea groups is 1. The molecule has 0 radical (unpaired) electrons. The normalized spacial score (nSPS) is 14.1. The Morgan fingerprint density at radius 3 is 2.29 bits per heavy atom. The highest BCUT2D eigenvalue weighted by Crippen LogP contribution is 2.32. The SMILES string of the molecule is Cc1cc(Oc2ccc3nc(COc4ccc(CC5SC(=O)NC5=O)cc4)n(C)c3c2)cc(C)c1NC(=O)Nc1ccc([N+](=O)[O-])cc1. The number of rotatable bonds is 10. The maximum absolute atomic E-state index is 12.6. The highest BCUT2D eigenvalue weighted by atomic mass is 32.2. The maximum Gasteiger partial charge on any atom is 0.323 e. The van der Waals surface area contributed by atoms with E-state index >= 15 is 0 Å². The van der Waals surface area contributed by atoms with E-state index in [2.05, 4.69) is 16.0 Å². The Morgan fingerprint density at radius 2 is 1.65 bits per heavy atom. The number of aromatic nitrogens is 2. The zero-order valence-corrected chi connectivity index (χ0v) is 26.9. The monoisotopic (exact) mass is 666 g/mol. The van der Waals surface area contributed by atoms with Gasteiger partial charge in [-0.3, -0.25) is 25.0 Å². The lowest BCUT2D eigenvalue weighted by Gasteiger charge is -2.15. The van der Waals surface area contributed by atoms with E-state index in [0.717, 1.165) is 45.3 Å². The van der Waals surface area contributed by atoms with Gasteiger partial charge in [-0.1, -0.05) is 23.9 Å². The standard InChI is InChI=1S/C34H30N6O7S/c1-19-14-26(15-20(2)31(19)37-33(42)35-22-6-8-23(9-7-22)40(44)45)47-25-12-13-27-28(17-25)39(3)30(36-27)18-46-24-10-4-21(5-11-24)16-29-32(41)38-34(43)48-29/h4-15,17,29H,16,18H2,1-3H3,(H2,35,37,42)(H,38,41,43). The van der Waals surface area contributed by atoms with Crippen molar-refractivity contribution in [3.8, 4) is 17.2 Å². The Hall–Kier alpha value is -5.89. The van der Waals surface area contributed by atoms with E-state index in [1.807, 2.05) is 80.1 Å². The molecule has 13 nitrogen and oxygen atoms in total. The summed E-state index contributed by atoms with van der Waals surface area (Å²) in [6, 6.07) is 21.8. The summed E-state index contributed by atoms with van der Waals surface area (Å²) < 4.78 is 14.1. The van der Waals surface area contributed by atoms with Gasteiger partial charge in [0.2, 0.25) is 5.91 Å². The Labute approximate surface area is 278 Å². The van der Waals surface area contributed by atoms with Crippen molar-refractivity contribution >= 4 is 57.0 Å². The van der Waals surface area contributed by atoms with Crippen LogP contribution in [0.2, 0.25) is 0 Å². The molecular weight excluding hydrogens is 636 g/mol. The molecule has 3 N–H and O–H groups in total. The molecule has 1 aliphatic rings. The molecule has 1 fully saturated rings. The van der Waals surface area contributed by atoms with Crippen LogP contribution in [0.25, 0.3) is 11.0 Å². The number of amides is 4. The summed E-state index contributed by atoms with van der Waals surface area (Å²) in [5.74, 6) is 2.32. The predicted molar refractivity (Wildman–Crippen MR) is 182 cm³/mol. The number of fused-ring (bicyclic) bond motifs is 1. The van der Waals surface area contributed by atoms with Gasteiger partial charge in [0.1, 0.15) is 29.7 Å². The number of benzene rings is 4. The number of hydrogen-bond acceptors (Lipinski definition) is 9. The Bertz CT molecular complexity index is 2040. The van der Waals surface area contributed by atoms with Crippen molar-refractivity contribution in [1.82, 2.24) is 14.9 Å². The van der Waals surface area contributed by atoms with Crippen molar-refractivity contribution in [1.29, 1.82) is 0 Å². The van der Waals surface area contributed by atoms with Gasteiger partial charge in [-0.25, -0.2) is 9.78 Å². The number of thioether (sulfide) groups is 1. The lowest BCUT2D eigenvalue weighted by atomic mass is 10.1. The van der Waals surface area contributed by atoms with E-state index < -0.39 is 16.2 Å².